The molecule has 4 nitrogen and oxygen atoms in total. The first-order chi connectivity index (χ1) is 12.2. The van der Waals surface area contributed by atoms with Crippen molar-refractivity contribution in [3.8, 4) is 0 Å². The van der Waals surface area contributed by atoms with Gasteiger partial charge in [0.15, 0.2) is 0 Å². The molecule has 1 heterocycles. The van der Waals surface area contributed by atoms with Crippen molar-refractivity contribution >= 4 is 24.2 Å². The minimum atomic E-state index is -4.29. The van der Waals surface area contributed by atoms with E-state index >= 15 is 0 Å². The van der Waals surface area contributed by atoms with Gasteiger partial charge in [-0.3, -0.25) is 4.79 Å². The highest BCUT2D eigenvalue weighted by Crippen LogP contribution is 2.32. The van der Waals surface area contributed by atoms with Gasteiger partial charge in [-0.25, -0.2) is 0 Å². The van der Waals surface area contributed by atoms with E-state index in [-0.39, 0.29) is 11.1 Å². The molecule has 0 fully saturated rings. The van der Waals surface area contributed by atoms with E-state index in [1.54, 1.807) is 23.9 Å². The molecule has 9 heteroatoms. The van der Waals surface area contributed by atoms with Gasteiger partial charge in [0.05, 0.1) is 6.61 Å². The second-order valence-electron chi connectivity index (χ2n) is 5.23. The van der Waals surface area contributed by atoms with Crippen LogP contribution in [0.3, 0.4) is 0 Å². The third-order valence-electron chi connectivity index (χ3n) is 3.32. The summed E-state index contributed by atoms with van der Waals surface area (Å²) in [5.74, 6) is 0. The molecule has 0 aliphatic carbocycles. The Balaban J connectivity index is 0.000000263. The van der Waals surface area contributed by atoms with Crippen LogP contribution in [0.5, 0.6) is 0 Å². The molecule has 1 aromatic heterocycles. The minimum absolute atomic E-state index is 0.0233. The van der Waals surface area contributed by atoms with E-state index in [0.29, 0.717) is 18.2 Å². The molecule has 1 atom stereocenters. The average Bonchev–Trinajstić information content (AvgIpc) is 2.57. The average molecular weight is 409 g/mol. The van der Waals surface area contributed by atoms with Crippen molar-refractivity contribution in [2.45, 2.75) is 23.7 Å². The highest BCUT2D eigenvalue weighted by atomic mass is 35.5. The zero-order valence-corrected chi connectivity index (χ0v) is 15.9. The first-order valence-corrected chi connectivity index (χ1v) is 8.39. The molecule has 0 unspecified atom stereocenters. The minimum Gasteiger partial charge on any atom is -0.383 e. The van der Waals surface area contributed by atoms with Gasteiger partial charge in [-0.1, -0.05) is 23.7 Å². The van der Waals surface area contributed by atoms with Crippen LogP contribution < -0.4 is 10.9 Å². The van der Waals surface area contributed by atoms with E-state index in [1.165, 1.54) is 37.4 Å². The Morgan fingerprint density at radius 1 is 1.23 bits per heavy atom. The smallest absolute Gasteiger partial charge is 0.383 e. The molecule has 0 bridgehead atoms. The standard InChI is InChI=1S/C9H9ClF3N.C8H11NO2S/c1-14-8(9(11,12)13)6-2-4-7(10)5-3-6;1-11-5-4-9-6-7(12)2-3-8(9)10/h2-5,8,14H,1H3;2-3,6,12H,4-5H2,1H3/t8-;/m1./s1. The van der Waals surface area contributed by atoms with Gasteiger partial charge in [-0.05, 0) is 30.8 Å². The third kappa shape index (κ3) is 7.41. The van der Waals surface area contributed by atoms with Crippen molar-refractivity contribution < 1.29 is 17.9 Å². The number of pyridine rings is 1. The lowest BCUT2D eigenvalue weighted by molar-refractivity contribution is -0.156. The summed E-state index contributed by atoms with van der Waals surface area (Å²) in [4.78, 5) is 11.9. The van der Waals surface area contributed by atoms with Crippen molar-refractivity contribution in [3.63, 3.8) is 0 Å². The van der Waals surface area contributed by atoms with E-state index in [0.717, 1.165) is 4.90 Å². The van der Waals surface area contributed by atoms with Gasteiger partial charge in [0.2, 0.25) is 0 Å². The van der Waals surface area contributed by atoms with Crippen LogP contribution in [0.15, 0.2) is 52.3 Å². The van der Waals surface area contributed by atoms with Crippen LogP contribution >= 0.6 is 24.2 Å². The number of ether oxygens (including phenoxy) is 1. The van der Waals surface area contributed by atoms with Gasteiger partial charge in [0, 0.05) is 35.8 Å². The Morgan fingerprint density at radius 2 is 1.85 bits per heavy atom. The Labute approximate surface area is 160 Å². The quantitative estimate of drug-likeness (QED) is 0.736. The van der Waals surface area contributed by atoms with Crippen LogP contribution in [0, 0.1) is 0 Å². The van der Waals surface area contributed by atoms with E-state index in [4.69, 9.17) is 16.3 Å². The molecule has 2 rings (SSSR count). The second-order valence-corrected chi connectivity index (χ2v) is 6.18. The topological polar surface area (TPSA) is 43.3 Å². The van der Waals surface area contributed by atoms with Crippen LogP contribution in [0.2, 0.25) is 5.02 Å². The summed E-state index contributed by atoms with van der Waals surface area (Å²) in [6.45, 7) is 1.11. The monoisotopic (exact) mass is 408 g/mol. The molecule has 0 aliphatic heterocycles. The molecular weight excluding hydrogens is 389 g/mol. The summed E-state index contributed by atoms with van der Waals surface area (Å²) in [6.07, 6.45) is -2.59. The number of aromatic nitrogens is 1. The maximum Gasteiger partial charge on any atom is 0.407 e. The molecule has 2 aromatic rings. The van der Waals surface area contributed by atoms with Crippen molar-refractivity contribution in [3.05, 3.63) is 63.5 Å². The van der Waals surface area contributed by atoms with Gasteiger partial charge in [-0.15, -0.1) is 12.6 Å². The fourth-order valence-corrected chi connectivity index (χ4v) is 2.40. The van der Waals surface area contributed by atoms with Gasteiger partial charge < -0.3 is 14.6 Å². The number of halogens is 4. The van der Waals surface area contributed by atoms with Gasteiger partial charge >= 0.3 is 6.18 Å². The van der Waals surface area contributed by atoms with Crippen LogP contribution in [-0.4, -0.2) is 31.5 Å². The number of hydrogen-bond donors (Lipinski definition) is 2. The number of methoxy groups -OCH3 is 1. The molecule has 0 radical (unpaired) electrons. The lowest BCUT2D eigenvalue weighted by Gasteiger charge is -2.19. The predicted octanol–water partition coefficient (Wildman–Crippen LogP) is 3.95. The highest BCUT2D eigenvalue weighted by molar-refractivity contribution is 7.80. The normalized spacial score (nSPS) is 12.3. The maximum absolute atomic E-state index is 12.4. The van der Waals surface area contributed by atoms with Crippen LogP contribution in [0.4, 0.5) is 13.2 Å². The molecule has 144 valence electrons. The lowest BCUT2D eigenvalue weighted by atomic mass is 10.1. The Hall–Kier alpha value is -1.48. The number of thiol groups is 1. The van der Waals surface area contributed by atoms with Crippen molar-refractivity contribution in [2.24, 2.45) is 0 Å². The van der Waals surface area contributed by atoms with Crippen molar-refractivity contribution in [1.82, 2.24) is 9.88 Å². The molecular formula is C17H20ClF3N2O2S. The number of nitrogens with zero attached hydrogens (tertiary/aromatic N) is 1. The summed E-state index contributed by atoms with van der Waals surface area (Å²) in [5.41, 5.74) is 0.134. The van der Waals surface area contributed by atoms with Crippen LogP contribution in [0.25, 0.3) is 0 Å². The fourth-order valence-electron chi connectivity index (χ4n) is 2.06. The van der Waals surface area contributed by atoms with Gasteiger partial charge in [0.1, 0.15) is 6.04 Å². The van der Waals surface area contributed by atoms with Crippen LogP contribution in [-0.2, 0) is 11.3 Å². The first-order valence-electron chi connectivity index (χ1n) is 7.57. The number of hydrogen-bond acceptors (Lipinski definition) is 4. The van der Waals surface area contributed by atoms with Crippen LogP contribution in [0.1, 0.15) is 11.6 Å². The molecule has 1 aromatic carbocycles. The zero-order chi connectivity index (χ0) is 19.7. The molecule has 0 spiro atoms. The molecule has 1 N–H and O–H groups in total. The molecule has 0 amide bonds. The Morgan fingerprint density at radius 3 is 2.35 bits per heavy atom. The predicted molar refractivity (Wildman–Crippen MR) is 99.1 cm³/mol. The highest BCUT2D eigenvalue weighted by Gasteiger charge is 2.39. The molecule has 0 saturated carbocycles. The SMILES string of the molecule is CN[C@H](c1ccc(Cl)cc1)C(F)(F)F.COCCn1cc(S)ccc1=O. The summed E-state index contributed by atoms with van der Waals surface area (Å²) < 4.78 is 43.7. The third-order valence-corrected chi connectivity index (χ3v) is 3.84. The van der Waals surface area contributed by atoms with E-state index < -0.39 is 12.2 Å². The van der Waals surface area contributed by atoms with Gasteiger partial charge in [0.25, 0.3) is 5.56 Å². The number of benzene rings is 1. The van der Waals surface area contributed by atoms with E-state index in [9.17, 15) is 18.0 Å². The summed E-state index contributed by atoms with van der Waals surface area (Å²) in [5, 5.41) is 2.63. The van der Waals surface area contributed by atoms with E-state index in [1.807, 2.05) is 0 Å². The van der Waals surface area contributed by atoms with Gasteiger partial charge in [-0.2, -0.15) is 13.2 Å². The molecule has 0 aliphatic rings. The van der Waals surface area contributed by atoms with E-state index in [2.05, 4.69) is 17.9 Å². The zero-order valence-electron chi connectivity index (χ0n) is 14.3. The summed E-state index contributed by atoms with van der Waals surface area (Å²) >= 11 is 9.70. The Bertz CT molecular complexity index is 736. The summed E-state index contributed by atoms with van der Waals surface area (Å²) in [7, 11) is 2.88. The number of alkyl halides is 3. The Kier molecular flexibility index (Phi) is 9.21. The first kappa shape index (κ1) is 22.6. The molecule has 26 heavy (non-hydrogen) atoms. The largest absolute Gasteiger partial charge is 0.407 e. The fraction of sp³-hybridized carbons (Fsp3) is 0.353. The second kappa shape index (κ2) is 10.6. The molecule has 0 saturated heterocycles. The maximum atomic E-state index is 12.4. The lowest BCUT2D eigenvalue weighted by Crippen LogP contribution is -2.31. The number of rotatable bonds is 5. The number of nitrogens with one attached hydrogen (secondary N) is 1. The van der Waals surface area contributed by atoms with Crippen molar-refractivity contribution in [1.29, 1.82) is 0 Å². The van der Waals surface area contributed by atoms with Crippen molar-refractivity contribution in [2.75, 3.05) is 20.8 Å². The summed E-state index contributed by atoms with van der Waals surface area (Å²) in [6, 6.07) is 7.13.